The molecule has 98 valence electrons. The van der Waals surface area contributed by atoms with E-state index in [0.29, 0.717) is 21.2 Å². The van der Waals surface area contributed by atoms with Crippen molar-refractivity contribution in [1.29, 1.82) is 0 Å². The predicted octanol–water partition coefficient (Wildman–Crippen LogP) is 4.50. The molecule has 0 aliphatic rings. The minimum Gasteiger partial charge on any atom is -0.465 e. The highest BCUT2D eigenvalue weighted by Crippen LogP contribution is 2.34. The predicted molar refractivity (Wildman–Crippen MR) is 76.0 cm³/mol. The third-order valence-electron chi connectivity index (χ3n) is 2.51. The van der Waals surface area contributed by atoms with Crippen molar-refractivity contribution in [3.63, 3.8) is 0 Å². The normalized spacial score (nSPS) is 10.3. The first kappa shape index (κ1) is 14.1. The van der Waals surface area contributed by atoms with Crippen LogP contribution < -0.4 is 0 Å². The Bertz CT molecular complexity index is 644. The lowest BCUT2D eigenvalue weighted by molar-refractivity contribution is 0.0600. The fourth-order valence-corrected chi connectivity index (χ4v) is 2.17. The van der Waals surface area contributed by atoms with Crippen LogP contribution in [0.4, 0.5) is 0 Å². The Morgan fingerprint density at radius 1 is 1.26 bits per heavy atom. The molecule has 0 radical (unpaired) electrons. The lowest BCUT2D eigenvalue weighted by atomic mass is 10.1. The van der Waals surface area contributed by atoms with E-state index >= 15 is 0 Å². The van der Waals surface area contributed by atoms with E-state index in [1.165, 1.54) is 13.3 Å². The highest BCUT2D eigenvalue weighted by molar-refractivity contribution is 6.43. The van der Waals surface area contributed by atoms with Crippen molar-refractivity contribution in [2.45, 2.75) is 0 Å². The third kappa shape index (κ3) is 2.84. The number of nitrogens with zero attached hydrogens (tertiary/aromatic N) is 1. The Labute approximate surface area is 125 Å². The minimum atomic E-state index is -0.558. The Hall–Kier alpha value is -1.29. The lowest BCUT2D eigenvalue weighted by Crippen LogP contribution is -2.03. The largest absolute Gasteiger partial charge is 0.465 e. The molecule has 19 heavy (non-hydrogen) atoms. The van der Waals surface area contributed by atoms with Gasteiger partial charge in [0.1, 0.15) is 5.15 Å². The summed E-state index contributed by atoms with van der Waals surface area (Å²) in [6.07, 6.45) is 1.52. The topological polar surface area (TPSA) is 39.2 Å². The molecule has 6 heteroatoms. The van der Waals surface area contributed by atoms with Crippen LogP contribution in [0.3, 0.4) is 0 Å². The average Bonchev–Trinajstić information content (AvgIpc) is 2.42. The van der Waals surface area contributed by atoms with Crippen molar-refractivity contribution in [3.05, 3.63) is 51.2 Å². The van der Waals surface area contributed by atoms with E-state index in [0.717, 1.165) is 0 Å². The van der Waals surface area contributed by atoms with Crippen LogP contribution in [0.15, 0.2) is 30.5 Å². The molecule has 0 bridgehead atoms. The molecule has 2 rings (SSSR count). The van der Waals surface area contributed by atoms with E-state index in [-0.39, 0.29) is 10.7 Å². The van der Waals surface area contributed by atoms with E-state index < -0.39 is 5.97 Å². The van der Waals surface area contributed by atoms with Crippen LogP contribution in [0.1, 0.15) is 10.4 Å². The molecule has 0 unspecified atom stereocenters. The summed E-state index contributed by atoms with van der Waals surface area (Å²) in [6, 6.07) is 6.78. The van der Waals surface area contributed by atoms with E-state index in [1.54, 1.807) is 24.3 Å². The van der Waals surface area contributed by atoms with Crippen molar-refractivity contribution in [3.8, 4) is 11.1 Å². The van der Waals surface area contributed by atoms with Gasteiger partial charge in [0.05, 0.1) is 22.7 Å². The van der Waals surface area contributed by atoms with Gasteiger partial charge >= 0.3 is 5.97 Å². The van der Waals surface area contributed by atoms with Crippen molar-refractivity contribution >= 4 is 40.8 Å². The number of hydrogen-bond donors (Lipinski definition) is 0. The zero-order chi connectivity index (χ0) is 14.0. The first-order valence-electron chi connectivity index (χ1n) is 5.23. The van der Waals surface area contributed by atoms with Gasteiger partial charge in [-0.1, -0.05) is 46.9 Å². The maximum absolute atomic E-state index is 11.6. The zero-order valence-corrected chi connectivity index (χ0v) is 12.1. The van der Waals surface area contributed by atoms with Gasteiger partial charge in [0.15, 0.2) is 0 Å². The molecule has 0 N–H and O–H groups in total. The van der Waals surface area contributed by atoms with E-state index in [2.05, 4.69) is 9.72 Å². The minimum absolute atomic E-state index is 0.0775. The Morgan fingerprint density at radius 3 is 2.68 bits per heavy atom. The van der Waals surface area contributed by atoms with Gasteiger partial charge in [-0.2, -0.15) is 0 Å². The second-order valence-electron chi connectivity index (χ2n) is 3.66. The third-order valence-corrected chi connectivity index (χ3v) is 3.63. The summed E-state index contributed by atoms with van der Waals surface area (Å²) in [7, 11) is 1.28. The van der Waals surface area contributed by atoms with Gasteiger partial charge in [-0.3, -0.25) is 0 Å². The average molecular weight is 317 g/mol. The molecule has 0 atom stereocenters. The molecule has 1 aromatic carbocycles. The number of carbonyl (C=O) groups is 1. The first-order valence-corrected chi connectivity index (χ1v) is 6.36. The Balaban J connectivity index is 2.58. The number of carbonyl (C=O) groups excluding carboxylic acids is 1. The molecule has 0 spiro atoms. The molecule has 3 nitrogen and oxygen atoms in total. The standard InChI is InChI=1S/C13H8Cl3NO2/c1-19-13(18)9-5-7(6-17-12(9)16)8-3-2-4-10(14)11(8)15/h2-6H,1H3. The molecular formula is C13H8Cl3NO2. The number of hydrogen-bond acceptors (Lipinski definition) is 3. The molecule has 0 saturated carbocycles. The number of esters is 1. The number of pyridine rings is 1. The summed E-state index contributed by atoms with van der Waals surface area (Å²) >= 11 is 17.9. The van der Waals surface area contributed by atoms with Crippen LogP contribution >= 0.6 is 34.8 Å². The molecule has 1 aromatic heterocycles. The van der Waals surface area contributed by atoms with Gasteiger partial charge in [-0.05, 0) is 12.1 Å². The van der Waals surface area contributed by atoms with Crippen molar-refractivity contribution < 1.29 is 9.53 Å². The van der Waals surface area contributed by atoms with Crippen LogP contribution in [0.5, 0.6) is 0 Å². The summed E-state index contributed by atoms with van der Waals surface area (Å²) < 4.78 is 4.64. The second-order valence-corrected chi connectivity index (χ2v) is 4.80. The Morgan fingerprint density at radius 2 is 2.00 bits per heavy atom. The first-order chi connectivity index (χ1) is 9.04. The van der Waals surface area contributed by atoms with Gasteiger partial charge in [0.25, 0.3) is 0 Å². The molecule has 0 saturated heterocycles. The molecule has 0 fully saturated rings. The summed E-state index contributed by atoms with van der Waals surface area (Å²) in [6.45, 7) is 0. The highest BCUT2D eigenvalue weighted by atomic mass is 35.5. The zero-order valence-electron chi connectivity index (χ0n) is 9.78. The van der Waals surface area contributed by atoms with Gasteiger partial charge in [-0.15, -0.1) is 0 Å². The van der Waals surface area contributed by atoms with Crippen LogP contribution in [-0.4, -0.2) is 18.1 Å². The van der Waals surface area contributed by atoms with Gasteiger partial charge in [0.2, 0.25) is 0 Å². The summed E-state index contributed by atoms with van der Waals surface area (Å²) in [4.78, 5) is 15.5. The van der Waals surface area contributed by atoms with Gasteiger partial charge in [-0.25, -0.2) is 9.78 Å². The Kier molecular flexibility index (Phi) is 4.30. The molecular weight excluding hydrogens is 309 g/mol. The second kappa shape index (κ2) is 5.78. The van der Waals surface area contributed by atoms with Crippen LogP contribution in [-0.2, 0) is 4.74 Å². The SMILES string of the molecule is COC(=O)c1cc(-c2cccc(Cl)c2Cl)cnc1Cl. The van der Waals surface area contributed by atoms with Crippen molar-refractivity contribution in [2.75, 3.05) is 7.11 Å². The fraction of sp³-hybridized carbons (Fsp3) is 0.0769. The maximum Gasteiger partial charge on any atom is 0.341 e. The summed E-state index contributed by atoms with van der Waals surface area (Å²) in [5.41, 5.74) is 1.48. The number of ether oxygens (including phenoxy) is 1. The van der Waals surface area contributed by atoms with Gasteiger partial charge < -0.3 is 4.74 Å². The lowest BCUT2D eigenvalue weighted by Gasteiger charge is -2.08. The number of benzene rings is 1. The molecule has 1 heterocycles. The molecule has 2 aromatic rings. The number of aromatic nitrogens is 1. The molecule has 0 aliphatic heterocycles. The van der Waals surface area contributed by atoms with E-state index in [9.17, 15) is 4.79 Å². The van der Waals surface area contributed by atoms with Crippen LogP contribution in [0.2, 0.25) is 15.2 Å². The highest BCUT2D eigenvalue weighted by Gasteiger charge is 2.15. The number of rotatable bonds is 2. The smallest absolute Gasteiger partial charge is 0.341 e. The van der Waals surface area contributed by atoms with Crippen molar-refractivity contribution in [1.82, 2.24) is 4.98 Å². The van der Waals surface area contributed by atoms with Crippen LogP contribution in [0, 0.1) is 0 Å². The van der Waals surface area contributed by atoms with E-state index in [4.69, 9.17) is 34.8 Å². The monoisotopic (exact) mass is 315 g/mol. The summed E-state index contributed by atoms with van der Waals surface area (Å²) in [5, 5.41) is 0.895. The molecule has 0 aliphatic carbocycles. The molecule has 0 amide bonds. The maximum atomic E-state index is 11.6. The van der Waals surface area contributed by atoms with Gasteiger partial charge in [0, 0.05) is 17.3 Å². The summed E-state index contributed by atoms with van der Waals surface area (Å²) in [5.74, 6) is -0.558. The van der Waals surface area contributed by atoms with E-state index in [1.807, 2.05) is 0 Å². The van der Waals surface area contributed by atoms with Crippen molar-refractivity contribution in [2.24, 2.45) is 0 Å². The number of methoxy groups -OCH3 is 1. The number of halogens is 3. The fourth-order valence-electron chi connectivity index (χ4n) is 1.58. The van der Waals surface area contributed by atoms with Crippen LogP contribution in [0.25, 0.3) is 11.1 Å². The quantitative estimate of drug-likeness (QED) is 0.605.